The van der Waals surface area contributed by atoms with Crippen molar-refractivity contribution in [2.45, 2.75) is 37.6 Å². The van der Waals surface area contributed by atoms with Gasteiger partial charge in [-0.05, 0) is 68.1 Å². The molecule has 3 aromatic rings. The highest BCUT2D eigenvalue weighted by molar-refractivity contribution is 7.89. The number of carbonyl (C=O) groups is 1. The number of carbonyl (C=O) groups excluding carboxylic acids is 1. The number of nitrogens with one attached hydrogen (secondary N) is 1. The fourth-order valence-electron chi connectivity index (χ4n) is 3.70. The Kier molecular flexibility index (Phi) is 5.87. The molecule has 31 heavy (non-hydrogen) atoms. The highest BCUT2D eigenvalue weighted by atomic mass is 32.2. The Bertz CT molecular complexity index is 1220. The van der Waals surface area contributed by atoms with Crippen molar-refractivity contribution in [2.75, 3.05) is 11.9 Å². The number of aromatic nitrogens is 2. The number of aryl methyl sites for hydroxylation is 2. The van der Waals surface area contributed by atoms with Gasteiger partial charge in [-0.3, -0.25) is 4.79 Å². The van der Waals surface area contributed by atoms with Gasteiger partial charge in [0.05, 0.1) is 10.9 Å². The van der Waals surface area contributed by atoms with Gasteiger partial charge in [0.15, 0.2) is 0 Å². The van der Waals surface area contributed by atoms with Gasteiger partial charge in [-0.1, -0.05) is 23.5 Å². The van der Waals surface area contributed by atoms with Gasteiger partial charge in [0.1, 0.15) is 10.8 Å². The average Bonchev–Trinajstić information content (AvgIpc) is 3.37. The summed E-state index contributed by atoms with van der Waals surface area (Å²) < 4.78 is 41.4. The molecule has 1 N–H and O–H groups in total. The molecule has 4 rings (SSSR count). The molecule has 1 amide bonds. The topological polar surface area (TPSA) is 92.3 Å². The Morgan fingerprint density at radius 2 is 1.90 bits per heavy atom. The minimum atomic E-state index is -3.72. The number of anilines is 1. The number of rotatable bonds is 5. The number of halogens is 1. The van der Waals surface area contributed by atoms with Gasteiger partial charge in [0, 0.05) is 12.2 Å². The van der Waals surface area contributed by atoms with Crippen LogP contribution in [0.25, 0.3) is 0 Å². The molecule has 2 heterocycles. The lowest BCUT2D eigenvalue weighted by molar-refractivity contribution is 0.102. The van der Waals surface area contributed by atoms with Gasteiger partial charge in [-0.15, -0.1) is 10.2 Å². The van der Waals surface area contributed by atoms with Gasteiger partial charge < -0.3 is 5.32 Å². The van der Waals surface area contributed by atoms with E-state index in [4.69, 9.17) is 0 Å². The van der Waals surface area contributed by atoms with Crippen molar-refractivity contribution < 1.29 is 17.6 Å². The van der Waals surface area contributed by atoms with Crippen LogP contribution in [0.5, 0.6) is 0 Å². The van der Waals surface area contributed by atoms with Crippen LogP contribution in [-0.2, 0) is 10.0 Å². The molecule has 1 aromatic heterocycles. The molecule has 1 saturated heterocycles. The van der Waals surface area contributed by atoms with Crippen molar-refractivity contribution in [3.05, 3.63) is 69.4 Å². The number of benzene rings is 2. The molecule has 0 bridgehead atoms. The number of nitrogens with zero attached hydrogens (tertiary/aromatic N) is 3. The summed E-state index contributed by atoms with van der Waals surface area (Å²) in [6.07, 6.45) is 1.29. The molecule has 0 aliphatic carbocycles. The van der Waals surface area contributed by atoms with E-state index >= 15 is 0 Å². The Morgan fingerprint density at radius 3 is 2.61 bits per heavy atom. The quantitative estimate of drug-likeness (QED) is 0.620. The van der Waals surface area contributed by atoms with Crippen LogP contribution in [0, 0.1) is 19.7 Å². The monoisotopic (exact) mass is 460 g/mol. The van der Waals surface area contributed by atoms with Crippen LogP contribution in [-0.4, -0.2) is 35.4 Å². The smallest absolute Gasteiger partial charge is 0.286 e. The van der Waals surface area contributed by atoms with Crippen molar-refractivity contribution in [1.82, 2.24) is 14.5 Å². The predicted octanol–water partition coefficient (Wildman–Crippen LogP) is 4.07. The molecule has 10 heteroatoms. The summed E-state index contributed by atoms with van der Waals surface area (Å²) in [5.74, 6) is -0.981. The van der Waals surface area contributed by atoms with Crippen molar-refractivity contribution in [3.63, 3.8) is 0 Å². The molecule has 7 nitrogen and oxygen atoms in total. The van der Waals surface area contributed by atoms with Crippen LogP contribution < -0.4 is 5.32 Å². The fraction of sp³-hybridized carbons (Fsp3) is 0.286. The molecule has 1 unspecified atom stereocenters. The normalized spacial score (nSPS) is 17.1. The lowest BCUT2D eigenvalue weighted by Crippen LogP contribution is -2.30. The predicted molar refractivity (Wildman–Crippen MR) is 116 cm³/mol. The SMILES string of the molecule is Cc1cc(C)cc(S(=O)(=O)N2CCCC2c2nnc(C(=O)Nc3cccc(F)c3)s2)c1. The maximum absolute atomic E-state index is 13.3. The average molecular weight is 461 g/mol. The first-order valence-electron chi connectivity index (χ1n) is 9.74. The molecule has 1 atom stereocenters. The van der Waals surface area contributed by atoms with Crippen LogP contribution in [0.1, 0.15) is 44.8 Å². The van der Waals surface area contributed by atoms with Crippen LogP contribution in [0.15, 0.2) is 47.4 Å². The van der Waals surface area contributed by atoms with Crippen molar-refractivity contribution in [1.29, 1.82) is 0 Å². The third-order valence-corrected chi connectivity index (χ3v) is 7.92. The number of hydrogen-bond donors (Lipinski definition) is 1. The maximum Gasteiger partial charge on any atom is 0.286 e. The van der Waals surface area contributed by atoms with Crippen molar-refractivity contribution >= 4 is 33.0 Å². The van der Waals surface area contributed by atoms with Crippen molar-refractivity contribution in [2.24, 2.45) is 0 Å². The van der Waals surface area contributed by atoms with Crippen molar-refractivity contribution in [3.8, 4) is 0 Å². The molecule has 1 aliphatic heterocycles. The second-order valence-electron chi connectivity index (χ2n) is 7.51. The summed E-state index contributed by atoms with van der Waals surface area (Å²) in [7, 11) is -3.72. The molecular formula is C21H21FN4O3S2. The molecule has 1 aliphatic rings. The summed E-state index contributed by atoms with van der Waals surface area (Å²) in [5, 5.41) is 11.2. The van der Waals surface area contributed by atoms with Crippen LogP contribution in [0.3, 0.4) is 0 Å². The molecular weight excluding hydrogens is 439 g/mol. The Morgan fingerprint density at radius 1 is 1.16 bits per heavy atom. The lowest BCUT2D eigenvalue weighted by atomic mass is 10.2. The Labute approximate surface area is 184 Å². The summed E-state index contributed by atoms with van der Waals surface area (Å²) >= 11 is 1.05. The summed E-state index contributed by atoms with van der Waals surface area (Å²) in [6.45, 7) is 4.10. The van der Waals surface area contributed by atoms with E-state index in [9.17, 15) is 17.6 Å². The van der Waals surface area contributed by atoms with Crippen LogP contribution in [0.4, 0.5) is 10.1 Å². The molecule has 162 valence electrons. The van der Waals surface area contributed by atoms with E-state index in [-0.39, 0.29) is 9.90 Å². The van der Waals surface area contributed by atoms with E-state index < -0.39 is 27.8 Å². The van der Waals surface area contributed by atoms with Crippen LogP contribution >= 0.6 is 11.3 Å². The zero-order valence-corrected chi connectivity index (χ0v) is 18.6. The molecule has 2 aromatic carbocycles. The highest BCUT2D eigenvalue weighted by Crippen LogP contribution is 2.38. The first kappa shape index (κ1) is 21.5. The minimum Gasteiger partial charge on any atom is -0.320 e. The van der Waals surface area contributed by atoms with E-state index in [0.29, 0.717) is 30.1 Å². The fourth-order valence-corrected chi connectivity index (χ4v) is 6.51. The third kappa shape index (κ3) is 4.51. The van der Waals surface area contributed by atoms with E-state index in [0.717, 1.165) is 22.5 Å². The summed E-state index contributed by atoms with van der Waals surface area (Å²) in [6, 6.07) is 10.3. The largest absolute Gasteiger partial charge is 0.320 e. The lowest BCUT2D eigenvalue weighted by Gasteiger charge is -2.22. The summed E-state index contributed by atoms with van der Waals surface area (Å²) in [4.78, 5) is 12.7. The number of hydrogen-bond acceptors (Lipinski definition) is 6. The maximum atomic E-state index is 13.3. The van der Waals surface area contributed by atoms with E-state index in [1.165, 1.54) is 22.5 Å². The van der Waals surface area contributed by atoms with E-state index in [2.05, 4.69) is 15.5 Å². The van der Waals surface area contributed by atoms with Crippen LogP contribution in [0.2, 0.25) is 0 Å². The number of sulfonamides is 1. The van der Waals surface area contributed by atoms with Gasteiger partial charge in [0.25, 0.3) is 5.91 Å². The zero-order chi connectivity index (χ0) is 22.2. The Hall–Kier alpha value is -2.69. The first-order valence-corrected chi connectivity index (χ1v) is 12.0. The second-order valence-corrected chi connectivity index (χ2v) is 10.4. The summed E-state index contributed by atoms with van der Waals surface area (Å²) in [5.41, 5.74) is 2.06. The third-order valence-electron chi connectivity index (χ3n) is 5.01. The Balaban J connectivity index is 1.57. The first-order chi connectivity index (χ1) is 14.7. The zero-order valence-electron chi connectivity index (χ0n) is 17.0. The van der Waals surface area contributed by atoms with E-state index in [1.807, 2.05) is 19.9 Å². The van der Waals surface area contributed by atoms with Gasteiger partial charge >= 0.3 is 0 Å². The van der Waals surface area contributed by atoms with Gasteiger partial charge in [0.2, 0.25) is 15.0 Å². The van der Waals surface area contributed by atoms with Gasteiger partial charge in [-0.2, -0.15) is 4.31 Å². The molecule has 0 saturated carbocycles. The molecule has 0 spiro atoms. The molecule has 1 fully saturated rings. The van der Waals surface area contributed by atoms with E-state index in [1.54, 1.807) is 18.2 Å². The standard InChI is InChI=1S/C21H21FN4O3S2/c1-13-9-14(2)11-17(10-13)31(28,29)26-8-4-7-18(26)20-24-25-21(30-20)19(27)23-16-6-3-5-15(22)12-16/h3,5-6,9-12,18H,4,7-8H2,1-2H3,(H,23,27). The highest BCUT2D eigenvalue weighted by Gasteiger charge is 2.38. The number of amides is 1. The minimum absolute atomic E-state index is 0.0925. The second kappa shape index (κ2) is 8.45. The van der Waals surface area contributed by atoms with Gasteiger partial charge in [-0.25, -0.2) is 12.8 Å². The molecule has 0 radical (unpaired) electrons.